The number of hydrogen-bond donors (Lipinski definition) is 1. The van der Waals surface area contributed by atoms with E-state index < -0.39 is 33.6 Å². The first-order valence-electron chi connectivity index (χ1n) is 16.4. The molecule has 0 aliphatic heterocycles. The van der Waals surface area contributed by atoms with E-state index in [9.17, 15) is 26.4 Å². The molecule has 8 heteroatoms. The molecule has 1 N–H and O–H groups in total. The summed E-state index contributed by atoms with van der Waals surface area (Å²) >= 11 is 0. The maximum atomic E-state index is 13.0. The van der Waals surface area contributed by atoms with Gasteiger partial charge in [0.2, 0.25) is 5.91 Å². The van der Waals surface area contributed by atoms with Gasteiger partial charge in [-0.25, -0.2) is 13.1 Å². The molecule has 0 radical (unpaired) electrons. The lowest BCUT2D eigenvalue weighted by molar-refractivity contribution is -0.138. The molecule has 0 aromatic heterocycles. The van der Waals surface area contributed by atoms with Crippen LogP contribution in [-0.4, -0.2) is 14.3 Å². The molecule has 3 unspecified atom stereocenters. The van der Waals surface area contributed by atoms with Crippen LogP contribution in [0.2, 0.25) is 0 Å². The summed E-state index contributed by atoms with van der Waals surface area (Å²) in [5, 5.41) is 0. The Hall–Kier alpha value is -1.57. The summed E-state index contributed by atoms with van der Waals surface area (Å²) in [4.78, 5) is 12.7. The van der Waals surface area contributed by atoms with E-state index >= 15 is 0 Å². The molecule has 0 heterocycles. The molecule has 10 atom stereocenters. The predicted octanol–water partition coefficient (Wildman–Crippen LogP) is 8.86. The molecular formula is C34H50F3NO3S. The standard InChI is InChI=1S/C34H50F3NO3S/c1-6-23-20-26-29-15-14-27(33(29,5)18-16-30(26)32(4)17-8-7-9-28(23)32)21(2)19-22(3)31(39)38-42(40,41)25-12-10-24(11-13-25)34(35,36)37/h10-13,21-23,26-30H,6-9,14-20H2,1-5H3,(H,38,39)/t21-,22+,23+,26?,27-,28+,29?,30?,32+,33-/m1/s1. The molecule has 5 rings (SSSR count). The molecule has 0 spiro atoms. The number of hydrogen-bond acceptors (Lipinski definition) is 3. The van der Waals surface area contributed by atoms with Gasteiger partial charge < -0.3 is 0 Å². The third-order valence-corrected chi connectivity index (χ3v) is 14.3. The summed E-state index contributed by atoms with van der Waals surface area (Å²) in [5.41, 5.74) is -0.199. The number of carbonyl (C=O) groups is 1. The van der Waals surface area contributed by atoms with E-state index in [1.165, 1.54) is 64.2 Å². The van der Waals surface area contributed by atoms with Crippen LogP contribution in [0.5, 0.6) is 0 Å². The molecular weight excluding hydrogens is 559 g/mol. The average molecular weight is 610 g/mol. The molecule has 4 aliphatic rings. The zero-order valence-electron chi connectivity index (χ0n) is 26.0. The number of amides is 1. The molecule has 1 aromatic rings. The third kappa shape index (κ3) is 5.56. The fraction of sp³-hybridized carbons (Fsp3) is 0.794. The van der Waals surface area contributed by atoms with Crippen molar-refractivity contribution in [3.63, 3.8) is 0 Å². The molecule has 0 bridgehead atoms. The molecule has 4 nitrogen and oxygen atoms in total. The van der Waals surface area contributed by atoms with Crippen LogP contribution in [0.1, 0.15) is 111 Å². The Bertz CT molecular complexity index is 1250. The number of carbonyl (C=O) groups excluding carboxylic acids is 1. The van der Waals surface area contributed by atoms with Gasteiger partial charge in [-0.15, -0.1) is 0 Å². The normalized spacial score (nSPS) is 38.1. The highest BCUT2D eigenvalue weighted by atomic mass is 32.2. The van der Waals surface area contributed by atoms with Crippen LogP contribution >= 0.6 is 0 Å². The zero-order chi connectivity index (χ0) is 30.7. The van der Waals surface area contributed by atoms with Crippen LogP contribution in [0, 0.1) is 58.2 Å². The third-order valence-electron chi connectivity index (χ3n) is 12.9. The second-order valence-corrected chi connectivity index (χ2v) is 16.7. The van der Waals surface area contributed by atoms with E-state index in [4.69, 9.17) is 0 Å². The molecule has 4 saturated carbocycles. The van der Waals surface area contributed by atoms with Crippen LogP contribution in [0.15, 0.2) is 29.2 Å². The van der Waals surface area contributed by atoms with Crippen molar-refractivity contribution < 1.29 is 26.4 Å². The lowest BCUT2D eigenvalue weighted by atomic mass is 9.42. The van der Waals surface area contributed by atoms with Crippen molar-refractivity contribution in [2.75, 3.05) is 0 Å². The summed E-state index contributed by atoms with van der Waals surface area (Å²) in [6.07, 6.45) is 9.25. The Morgan fingerprint density at radius 3 is 2.26 bits per heavy atom. The van der Waals surface area contributed by atoms with Crippen LogP contribution < -0.4 is 4.72 Å². The van der Waals surface area contributed by atoms with Gasteiger partial charge in [0.05, 0.1) is 10.5 Å². The van der Waals surface area contributed by atoms with E-state index in [0.29, 0.717) is 17.8 Å². The first-order chi connectivity index (χ1) is 19.6. The van der Waals surface area contributed by atoms with Gasteiger partial charge in [-0.05, 0) is 128 Å². The van der Waals surface area contributed by atoms with Gasteiger partial charge >= 0.3 is 6.18 Å². The second-order valence-electron chi connectivity index (χ2n) is 15.0. The minimum absolute atomic E-state index is 0.249. The fourth-order valence-electron chi connectivity index (χ4n) is 10.9. The molecule has 1 aromatic carbocycles. The maximum Gasteiger partial charge on any atom is 0.416 e. The summed E-state index contributed by atoms with van der Waals surface area (Å²) in [7, 11) is -4.26. The highest BCUT2D eigenvalue weighted by molar-refractivity contribution is 7.90. The van der Waals surface area contributed by atoms with Crippen molar-refractivity contribution in [1.82, 2.24) is 4.72 Å². The van der Waals surface area contributed by atoms with E-state index in [1.807, 2.05) is 0 Å². The monoisotopic (exact) mass is 609 g/mol. The van der Waals surface area contributed by atoms with E-state index in [-0.39, 0.29) is 16.2 Å². The number of alkyl halides is 3. The second kappa shape index (κ2) is 11.4. The van der Waals surface area contributed by atoms with Gasteiger partial charge in [0.15, 0.2) is 0 Å². The van der Waals surface area contributed by atoms with Gasteiger partial charge in [-0.1, -0.05) is 53.9 Å². The van der Waals surface area contributed by atoms with Gasteiger partial charge in [0.1, 0.15) is 0 Å². The minimum Gasteiger partial charge on any atom is -0.274 e. The predicted molar refractivity (Wildman–Crippen MR) is 159 cm³/mol. The number of fused-ring (bicyclic) bond motifs is 5. The lowest BCUT2D eigenvalue weighted by Gasteiger charge is -2.63. The molecule has 0 saturated heterocycles. The van der Waals surface area contributed by atoms with Crippen LogP contribution in [-0.2, 0) is 21.0 Å². The lowest BCUT2D eigenvalue weighted by Crippen LogP contribution is -2.55. The smallest absolute Gasteiger partial charge is 0.274 e. The Morgan fingerprint density at radius 2 is 1.62 bits per heavy atom. The Kier molecular flexibility index (Phi) is 8.65. The number of sulfonamides is 1. The van der Waals surface area contributed by atoms with Crippen molar-refractivity contribution in [3.05, 3.63) is 29.8 Å². The van der Waals surface area contributed by atoms with Gasteiger partial charge in [-0.2, -0.15) is 13.2 Å². The van der Waals surface area contributed by atoms with Crippen LogP contribution in [0.25, 0.3) is 0 Å². The van der Waals surface area contributed by atoms with Gasteiger partial charge in [0.25, 0.3) is 10.0 Å². The Morgan fingerprint density at radius 1 is 0.952 bits per heavy atom. The molecule has 236 valence electrons. The Labute approximate surface area is 251 Å². The van der Waals surface area contributed by atoms with Crippen LogP contribution in [0.3, 0.4) is 0 Å². The Balaban J connectivity index is 1.24. The van der Waals surface area contributed by atoms with Crippen molar-refractivity contribution >= 4 is 15.9 Å². The summed E-state index contributed by atoms with van der Waals surface area (Å²) in [5.74, 6) is 3.72. The molecule has 4 aliphatic carbocycles. The van der Waals surface area contributed by atoms with E-state index in [1.54, 1.807) is 6.92 Å². The van der Waals surface area contributed by atoms with E-state index in [0.717, 1.165) is 53.9 Å². The fourth-order valence-corrected chi connectivity index (χ4v) is 12.0. The van der Waals surface area contributed by atoms with Crippen molar-refractivity contribution in [1.29, 1.82) is 0 Å². The van der Waals surface area contributed by atoms with Crippen molar-refractivity contribution in [2.24, 2.45) is 58.2 Å². The largest absolute Gasteiger partial charge is 0.416 e. The number of benzene rings is 1. The summed E-state index contributed by atoms with van der Waals surface area (Å²) < 4.78 is 66.4. The van der Waals surface area contributed by atoms with Gasteiger partial charge in [-0.3, -0.25) is 4.79 Å². The number of nitrogens with one attached hydrogen (secondary N) is 1. The number of rotatable bonds is 7. The van der Waals surface area contributed by atoms with Gasteiger partial charge in [0, 0.05) is 5.92 Å². The first kappa shape index (κ1) is 31.8. The molecule has 1 amide bonds. The maximum absolute atomic E-state index is 13.0. The SMILES string of the molecule is CC[C@H]1CC2C3CC[C@H]([C@H](C)C[C@H](C)C(=O)NS(=O)(=O)c4ccc(C(F)(F)F)cc4)[C@@]3(C)CCC2[C@@]2(C)CCCC[C@@H]12. The summed E-state index contributed by atoms with van der Waals surface area (Å²) in [6.45, 7) is 11.5. The number of halogens is 3. The molecule has 4 fully saturated rings. The van der Waals surface area contributed by atoms with Crippen molar-refractivity contribution in [3.8, 4) is 0 Å². The van der Waals surface area contributed by atoms with Crippen molar-refractivity contribution in [2.45, 2.75) is 116 Å². The highest BCUT2D eigenvalue weighted by Crippen LogP contribution is 2.69. The minimum atomic E-state index is -4.56. The van der Waals surface area contributed by atoms with Crippen LogP contribution in [0.4, 0.5) is 13.2 Å². The average Bonchev–Trinajstić information content (AvgIpc) is 3.29. The topological polar surface area (TPSA) is 63.2 Å². The van der Waals surface area contributed by atoms with E-state index in [2.05, 4.69) is 32.4 Å². The first-order valence-corrected chi connectivity index (χ1v) is 17.8. The quantitative estimate of drug-likeness (QED) is 0.336. The highest BCUT2D eigenvalue weighted by Gasteiger charge is 2.61. The zero-order valence-corrected chi connectivity index (χ0v) is 26.8. The molecule has 42 heavy (non-hydrogen) atoms. The summed E-state index contributed by atoms with van der Waals surface area (Å²) in [6, 6.07) is 3.23.